The lowest BCUT2D eigenvalue weighted by Gasteiger charge is -2.15. The molecule has 0 aliphatic carbocycles. The molecule has 0 radical (unpaired) electrons. The van der Waals surface area contributed by atoms with Gasteiger partial charge in [0.25, 0.3) is 0 Å². The number of carboxylic acids is 1. The lowest BCUT2D eigenvalue weighted by Crippen LogP contribution is -2.30. The van der Waals surface area contributed by atoms with Gasteiger partial charge < -0.3 is 14.7 Å². The summed E-state index contributed by atoms with van der Waals surface area (Å²) in [5, 5.41) is 9.46. The summed E-state index contributed by atoms with van der Waals surface area (Å²) in [4.78, 5) is 24.6. The second-order valence-electron chi connectivity index (χ2n) is 5.13. The van der Waals surface area contributed by atoms with Crippen molar-refractivity contribution in [1.82, 2.24) is 4.90 Å². The van der Waals surface area contributed by atoms with Crippen molar-refractivity contribution in [2.75, 3.05) is 20.2 Å². The van der Waals surface area contributed by atoms with Crippen LogP contribution in [0.1, 0.15) is 18.4 Å². The molecular weight excluding hydrogens is 294 g/mol. The molecular formula is C15H18ClNO4. The first kappa shape index (κ1) is 15.6. The number of rotatable bonds is 5. The van der Waals surface area contributed by atoms with Crippen LogP contribution >= 0.6 is 11.6 Å². The predicted molar refractivity (Wildman–Crippen MR) is 78.6 cm³/mol. The fourth-order valence-electron chi connectivity index (χ4n) is 2.46. The third kappa shape index (κ3) is 3.88. The van der Waals surface area contributed by atoms with Gasteiger partial charge in [-0.2, -0.15) is 0 Å². The number of carbonyl (C=O) groups excluding carboxylic acids is 1. The topological polar surface area (TPSA) is 66.8 Å². The van der Waals surface area contributed by atoms with Gasteiger partial charge in [0.2, 0.25) is 5.91 Å². The number of aryl methyl sites for hydroxylation is 1. The number of aliphatic carboxylic acids is 1. The molecule has 6 heteroatoms. The van der Waals surface area contributed by atoms with Gasteiger partial charge >= 0.3 is 5.97 Å². The first-order valence-electron chi connectivity index (χ1n) is 6.84. The highest BCUT2D eigenvalue weighted by molar-refractivity contribution is 6.32. The molecule has 1 unspecified atom stereocenters. The number of hydrogen-bond acceptors (Lipinski definition) is 3. The molecule has 1 N–H and O–H groups in total. The van der Waals surface area contributed by atoms with Gasteiger partial charge in [-0.1, -0.05) is 17.7 Å². The number of methoxy groups -OCH3 is 1. The number of nitrogens with zero attached hydrogens (tertiary/aromatic N) is 1. The molecule has 0 bridgehead atoms. The van der Waals surface area contributed by atoms with E-state index in [9.17, 15) is 9.59 Å². The molecule has 114 valence electrons. The average molecular weight is 312 g/mol. The maximum Gasteiger partial charge on any atom is 0.308 e. The molecule has 0 aromatic heterocycles. The molecule has 1 aliphatic heterocycles. The number of carbonyl (C=O) groups is 2. The largest absolute Gasteiger partial charge is 0.495 e. The Morgan fingerprint density at radius 3 is 2.81 bits per heavy atom. The van der Waals surface area contributed by atoms with Crippen molar-refractivity contribution in [2.45, 2.75) is 19.3 Å². The highest BCUT2D eigenvalue weighted by Crippen LogP contribution is 2.25. The molecule has 21 heavy (non-hydrogen) atoms. The fraction of sp³-hybridized carbons (Fsp3) is 0.467. The zero-order chi connectivity index (χ0) is 15.4. The van der Waals surface area contributed by atoms with Gasteiger partial charge in [-0.05, 0) is 30.5 Å². The number of halogens is 1. The van der Waals surface area contributed by atoms with Gasteiger partial charge in [0.15, 0.2) is 0 Å². The number of ether oxygens (including phenoxy) is 1. The number of likely N-dealkylation sites (tertiary alicyclic amines) is 1. The van der Waals surface area contributed by atoms with E-state index in [4.69, 9.17) is 21.4 Å². The monoisotopic (exact) mass is 311 g/mol. The van der Waals surface area contributed by atoms with Crippen molar-refractivity contribution >= 4 is 23.5 Å². The maximum absolute atomic E-state index is 12.1. The van der Waals surface area contributed by atoms with Gasteiger partial charge in [0.05, 0.1) is 18.1 Å². The van der Waals surface area contributed by atoms with E-state index in [0.717, 1.165) is 5.56 Å². The molecule has 0 spiro atoms. The van der Waals surface area contributed by atoms with Crippen molar-refractivity contribution in [3.05, 3.63) is 28.8 Å². The molecule has 1 aliphatic rings. The third-order valence-electron chi connectivity index (χ3n) is 3.73. The Hall–Kier alpha value is -1.75. The molecule has 1 heterocycles. The summed E-state index contributed by atoms with van der Waals surface area (Å²) >= 11 is 6.04. The Balaban J connectivity index is 1.87. The molecule has 1 aromatic carbocycles. The minimum atomic E-state index is -0.827. The second-order valence-corrected chi connectivity index (χ2v) is 5.54. The summed E-state index contributed by atoms with van der Waals surface area (Å²) in [6, 6.07) is 5.44. The van der Waals surface area contributed by atoms with E-state index >= 15 is 0 Å². The summed E-state index contributed by atoms with van der Waals surface area (Å²) in [6.07, 6.45) is 1.47. The van der Waals surface area contributed by atoms with Crippen LogP contribution in [-0.4, -0.2) is 42.1 Å². The van der Waals surface area contributed by atoms with Crippen LogP contribution in [0.15, 0.2) is 18.2 Å². The summed E-state index contributed by atoms with van der Waals surface area (Å²) in [6.45, 7) is 0.844. The summed E-state index contributed by atoms with van der Waals surface area (Å²) in [5.41, 5.74) is 0.961. The molecule has 1 amide bonds. The minimum absolute atomic E-state index is 0.00862. The minimum Gasteiger partial charge on any atom is -0.495 e. The van der Waals surface area contributed by atoms with E-state index in [0.29, 0.717) is 43.1 Å². The van der Waals surface area contributed by atoms with Crippen molar-refractivity contribution in [1.29, 1.82) is 0 Å². The van der Waals surface area contributed by atoms with Crippen LogP contribution in [0.5, 0.6) is 5.75 Å². The average Bonchev–Trinajstić information content (AvgIpc) is 2.95. The summed E-state index contributed by atoms with van der Waals surface area (Å²) in [7, 11) is 1.55. The van der Waals surface area contributed by atoms with Crippen molar-refractivity contribution in [3.8, 4) is 5.75 Å². The Morgan fingerprint density at radius 2 is 2.24 bits per heavy atom. The number of amides is 1. The SMILES string of the molecule is COc1ccc(CCC(=O)N2CCC(C(=O)O)C2)cc1Cl. The molecule has 5 nitrogen and oxygen atoms in total. The Kier molecular flexibility index (Phi) is 5.07. The second kappa shape index (κ2) is 6.80. The van der Waals surface area contributed by atoms with Crippen LogP contribution in [-0.2, 0) is 16.0 Å². The van der Waals surface area contributed by atoms with Gasteiger partial charge in [-0.15, -0.1) is 0 Å². The lowest BCUT2D eigenvalue weighted by atomic mass is 10.1. The maximum atomic E-state index is 12.1. The first-order valence-corrected chi connectivity index (χ1v) is 7.22. The lowest BCUT2D eigenvalue weighted by molar-refractivity contribution is -0.141. The van der Waals surface area contributed by atoms with Crippen LogP contribution < -0.4 is 4.74 Å². The van der Waals surface area contributed by atoms with E-state index in [1.807, 2.05) is 6.07 Å². The Bertz CT molecular complexity index is 546. The van der Waals surface area contributed by atoms with E-state index in [2.05, 4.69) is 0 Å². The molecule has 1 fully saturated rings. The number of benzene rings is 1. The van der Waals surface area contributed by atoms with Crippen molar-refractivity contribution in [3.63, 3.8) is 0 Å². The Labute approximate surface area is 128 Å². The molecule has 1 aromatic rings. The highest BCUT2D eigenvalue weighted by Gasteiger charge is 2.30. The van der Waals surface area contributed by atoms with Gasteiger partial charge in [0.1, 0.15) is 5.75 Å². The van der Waals surface area contributed by atoms with E-state index in [1.165, 1.54) is 0 Å². The summed E-state index contributed by atoms with van der Waals surface area (Å²) < 4.78 is 5.08. The standard InChI is InChI=1S/C15H18ClNO4/c1-21-13-4-2-10(8-12(13)16)3-5-14(18)17-7-6-11(9-17)15(19)20/h2,4,8,11H,3,5-7,9H2,1H3,(H,19,20). The fourth-order valence-corrected chi connectivity index (χ4v) is 2.74. The zero-order valence-electron chi connectivity index (χ0n) is 11.8. The number of hydrogen-bond donors (Lipinski definition) is 1. The third-order valence-corrected chi connectivity index (χ3v) is 4.03. The first-order chi connectivity index (χ1) is 10.0. The van der Waals surface area contributed by atoms with Crippen LogP contribution in [0.4, 0.5) is 0 Å². The van der Waals surface area contributed by atoms with E-state index in [-0.39, 0.29) is 5.91 Å². The van der Waals surface area contributed by atoms with Gasteiger partial charge in [0, 0.05) is 19.5 Å². The van der Waals surface area contributed by atoms with Crippen LogP contribution in [0, 0.1) is 5.92 Å². The Morgan fingerprint density at radius 1 is 1.48 bits per heavy atom. The summed E-state index contributed by atoms with van der Waals surface area (Å²) in [5.74, 6) is -0.655. The number of carboxylic acid groups (broad SMARTS) is 1. The molecule has 1 saturated heterocycles. The van der Waals surface area contributed by atoms with Crippen molar-refractivity contribution < 1.29 is 19.4 Å². The zero-order valence-corrected chi connectivity index (χ0v) is 12.6. The normalized spacial score (nSPS) is 17.8. The predicted octanol–water partition coefficient (Wildman–Crippen LogP) is 2.21. The van der Waals surface area contributed by atoms with E-state index in [1.54, 1.807) is 24.1 Å². The smallest absolute Gasteiger partial charge is 0.308 e. The quantitative estimate of drug-likeness (QED) is 0.905. The van der Waals surface area contributed by atoms with E-state index < -0.39 is 11.9 Å². The molecule has 0 saturated carbocycles. The van der Waals surface area contributed by atoms with Crippen LogP contribution in [0.25, 0.3) is 0 Å². The molecule has 1 atom stereocenters. The van der Waals surface area contributed by atoms with Crippen LogP contribution in [0.3, 0.4) is 0 Å². The highest BCUT2D eigenvalue weighted by atomic mass is 35.5. The molecule has 2 rings (SSSR count). The van der Waals surface area contributed by atoms with Gasteiger partial charge in [-0.25, -0.2) is 0 Å². The van der Waals surface area contributed by atoms with Crippen LogP contribution in [0.2, 0.25) is 5.02 Å². The van der Waals surface area contributed by atoms with Gasteiger partial charge in [-0.3, -0.25) is 9.59 Å². The van der Waals surface area contributed by atoms with Crippen molar-refractivity contribution in [2.24, 2.45) is 5.92 Å².